The highest BCUT2D eigenvalue weighted by Gasteiger charge is 2.17. The molecule has 2 heterocycles. The summed E-state index contributed by atoms with van der Waals surface area (Å²) in [4.78, 5) is 3.95. The molecule has 6 nitrogen and oxygen atoms in total. The second kappa shape index (κ2) is 6.55. The molecule has 0 amide bonds. The first-order valence-corrected chi connectivity index (χ1v) is 8.40. The summed E-state index contributed by atoms with van der Waals surface area (Å²) >= 11 is 5.93. The van der Waals surface area contributed by atoms with Gasteiger partial charge in [-0.25, -0.2) is 18.1 Å². The topological polar surface area (TPSA) is 76.9 Å². The van der Waals surface area contributed by atoms with Gasteiger partial charge >= 0.3 is 0 Å². The van der Waals surface area contributed by atoms with Crippen molar-refractivity contribution in [1.82, 2.24) is 19.5 Å². The number of aromatic nitrogens is 3. The van der Waals surface area contributed by atoms with Crippen molar-refractivity contribution in [2.45, 2.75) is 31.3 Å². The Bertz CT molecular complexity index is 712. The molecule has 0 atom stereocenters. The highest BCUT2D eigenvalue weighted by atomic mass is 35.5. The van der Waals surface area contributed by atoms with Crippen LogP contribution in [0.5, 0.6) is 0 Å². The molecule has 0 radical (unpaired) electrons. The summed E-state index contributed by atoms with van der Waals surface area (Å²) in [6, 6.07) is 5.18. The summed E-state index contributed by atoms with van der Waals surface area (Å²) in [5, 5.41) is 4.46. The van der Waals surface area contributed by atoms with Gasteiger partial charge < -0.3 is 0 Å². The van der Waals surface area contributed by atoms with Crippen molar-refractivity contribution in [3.8, 4) is 0 Å². The number of sulfonamides is 1. The standard InChI is InChI=1S/C13H17ClN4O2S/c1-10(2)18-9-6-12(17-18)21(19,20)16-8-5-11-4-3-7-15-13(11)14/h3-4,6-7,9-10,16H,5,8H2,1-2H3. The minimum Gasteiger partial charge on any atom is -0.269 e. The van der Waals surface area contributed by atoms with E-state index in [1.54, 1.807) is 23.1 Å². The van der Waals surface area contributed by atoms with Crippen LogP contribution in [-0.2, 0) is 16.4 Å². The molecule has 0 aliphatic carbocycles. The van der Waals surface area contributed by atoms with Gasteiger partial charge in [-0.05, 0) is 38.0 Å². The third-order valence-electron chi connectivity index (χ3n) is 2.91. The first-order chi connectivity index (χ1) is 9.90. The number of nitrogens with one attached hydrogen (secondary N) is 1. The molecule has 0 unspecified atom stereocenters. The van der Waals surface area contributed by atoms with Crippen molar-refractivity contribution in [3.63, 3.8) is 0 Å². The van der Waals surface area contributed by atoms with Crippen molar-refractivity contribution in [2.75, 3.05) is 6.54 Å². The van der Waals surface area contributed by atoms with Gasteiger partial charge in [0.05, 0.1) is 0 Å². The molecule has 0 aromatic carbocycles. The molecule has 114 valence electrons. The second-order valence-corrected chi connectivity index (χ2v) is 6.90. The summed E-state index contributed by atoms with van der Waals surface area (Å²) in [7, 11) is -3.60. The van der Waals surface area contributed by atoms with Crippen LogP contribution in [0.2, 0.25) is 5.15 Å². The van der Waals surface area contributed by atoms with E-state index in [0.29, 0.717) is 11.6 Å². The average Bonchev–Trinajstić information content (AvgIpc) is 2.91. The normalized spacial score (nSPS) is 12.0. The number of hydrogen-bond acceptors (Lipinski definition) is 4. The van der Waals surface area contributed by atoms with E-state index in [4.69, 9.17) is 11.6 Å². The Morgan fingerprint density at radius 1 is 1.38 bits per heavy atom. The van der Waals surface area contributed by atoms with Gasteiger partial charge in [0.25, 0.3) is 10.0 Å². The van der Waals surface area contributed by atoms with Crippen LogP contribution < -0.4 is 4.72 Å². The molecule has 2 aromatic rings. The van der Waals surface area contributed by atoms with Crippen LogP contribution >= 0.6 is 11.6 Å². The van der Waals surface area contributed by atoms with E-state index in [1.165, 1.54) is 6.07 Å². The van der Waals surface area contributed by atoms with Crippen LogP contribution in [0, 0.1) is 0 Å². The molecule has 0 fully saturated rings. The maximum atomic E-state index is 12.1. The lowest BCUT2D eigenvalue weighted by molar-refractivity contribution is 0.514. The Morgan fingerprint density at radius 2 is 2.14 bits per heavy atom. The van der Waals surface area contributed by atoms with Crippen molar-refractivity contribution < 1.29 is 8.42 Å². The van der Waals surface area contributed by atoms with Crippen molar-refractivity contribution >= 4 is 21.6 Å². The van der Waals surface area contributed by atoms with Crippen LogP contribution in [0.25, 0.3) is 0 Å². The van der Waals surface area contributed by atoms with Gasteiger partial charge in [-0.1, -0.05) is 17.7 Å². The molecule has 0 aliphatic heterocycles. The zero-order chi connectivity index (χ0) is 15.5. The molecular weight excluding hydrogens is 312 g/mol. The number of halogens is 1. The van der Waals surface area contributed by atoms with E-state index >= 15 is 0 Å². The molecule has 0 spiro atoms. The quantitative estimate of drug-likeness (QED) is 0.823. The van der Waals surface area contributed by atoms with E-state index in [-0.39, 0.29) is 17.6 Å². The average molecular weight is 329 g/mol. The number of rotatable bonds is 6. The molecular formula is C13H17ClN4O2S. The zero-order valence-electron chi connectivity index (χ0n) is 11.8. The van der Waals surface area contributed by atoms with Crippen molar-refractivity contribution in [2.24, 2.45) is 0 Å². The molecule has 0 aliphatic rings. The third kappa shape index (κ3) is 4.03. The fourth-order valence-corrected chi connectivity index (χ4v) is 2.93. The van der Waals surface area contributed by atoms with E-state index in [2.05, 4.69) is 14.8 Å². The highest BCUT2D eigenvalue weighted by Crippen LogP contribution is 2.12. The summed E-state index contributed by atoms with van der Waals surface area (Å²) in [5.74, 6) is 0. The Labute approximate surface area is 129 Å². The molecule has 0 saturated carbocycles. The van der Waals surface area contributed by atoms with Crippen LogP contribution in [0.15, 0.2) is 35.6 Å². The maximum Gasteiger partial charge on any atom is 0.259 e. The molecule has 1 N–H and O–H groups in total. The van der Waals surface area contributed by atoms with Crippen LogP contribution in [0.1, 0.15) is 25.5 Å². The molecule has 8 heteroatoms. The minimum atomic E-state index is -3.60. The Hall–Kier alpha value is -1.44. The maximum absolute atomic E-state index is 12.1. The Balaban J connectivity index is 2.00. The van der Waals surface area contributed by atoms with Gasteiger partial charge in [-0.15, -0.1) is 0 Å². The number of hydrogen-bond donors (Lipinski definition) is 1. The molecule has 2 aromatic heterocycles. The fourth-order valence-electron chi connectivity index (χ4n) is 1.75. The summed E-state index contributed by atoms with van der Waals surface area (Å²) < 4.78 is 28.3. The zero-order valence-corrected chi connectivity index (χ0v) is 13.4. The summed E-state index contributed by atoms with van der Waals surface area (Å²) in [6.45, 7) is 4.10. The SMILES string of the molecule is CC(C)n1ccc(S(=O)(=O)NCCc2cccnc2Cl)n1. The molecule has 0 bridgehead atoms. The predicted octanol–water partition coefficient (Wildman–Crippen LogP) is 2.03. The van der Waals surface area contributed by atoms with Gasteiger partial charge in [-0.2, -0.15) is 5.10 Å². The fraction of sp³-hybridized carbons (Fsp3) is 0.385. The monoisotopic (exact) mass is 328 g/mol. The minimum absolute atomic E-state index is 0.0217. The summed E-state index contributed by atoms with van der Waals surface area (Å²) in [6.07, 6.45) is 3.71. The Kier molecular flexibility index (Phi) is 4.97. The Morgan fingerprint density at radius 3 is 2.76 bits per heavy atom. The first kappa shape index (κ1) is 15.9. The van der Waals surface area contributed by atoms with E-state index in [0.717, 1.165) is 5.56 Å². The van der Waals surface area contributed by atoms with Gasteiger partial charge in [0.2, 0.25) is 0 Å². The van der Waals surface area contributed by atoms with Gasteiger partial charge in [-0.3, -0.25) is 4.68 Å². The molecule has 21 heavy (non-hydrogen) atoms. The third-order valence-corrected chi connectivity index (χ3v) is 4.60. The van der Waals surface area contributed by atoms with E-state index in [9.17, 15) is 8.42 Å². The molecule has 2 rings (SSSR count). The van der Waals surface area contributed by atoms with Crippen LogP contribution in [-0.4, -0.2) is 29.7 Å². The lowest BCUT2D eigenvalue weighted by Gasteiger charge is -2.06. The first-order valence-electron chi connectivity index (χ1n) is 6.54. The number of nitrogens with zero attached hydrogens (tertiary/aromatic N) is 3. The lowest BCUT2D eigenvalue weighted by Crippen LogP contribution is -2.26. The van der Waals surface area contributed by atoms with Crippen molar-refractivity contribution in [1.29, 1.82) is 0 Å². The van der Waals surface area contributed by atoms with E-state index in [1.807, 2.05) is 19.9 Å². The van der Waals surface area contributed by atoms with Crippen LogP contribution in [0.4, 0.5) is 0 Å². The summed E-state index contributed by atoms with van der Waals surface area (Å²) in [5.41, 5.74) is 0.801. The highest BCUT2D eigenvalue weighted by molar-refractivity contribution is 7.89. The lowest BCUT2D eigenvalue weighted by atomic mass is 10.2. The van der Waals surface area contributed by atoms with E-state index < -0.39 is 10.0 Å². The van der Waals surface area contributed by atoms with Crippen molar-refractivity contribution in [3.05, 3.63) is 41.3 Å². The second-order valence-electron chi connectivity index (χ2n) is 4.83. The van der Waals surface area contributed by atoms with Gasteiger partial charge in [0, 0.05) is 25.0 Å². The number of pyridine rings is 1. The smallest absolute Gasteiger partial charge is 0.259 e. The van der Waals surface area contributed by atoms with Gasteiger partial charge in [0.15, 0.2) is 5.03 Å². The van der Waals surface area contributed by atoms with Gasteiger partial charge in [0.1, 0.15) is 5.15 Å². The predicted molar refractivity (Wildman–Crippen MR) is 80.8 cm³/mol. The van der Waals surface area contributed by atoms with Crippen LogP contribution in [0.3, 0.4) is 0 Å². The largest absolute Gasteiger partial charge is 0.269 e. The molecule has 0 saturated heterocycles.